The lowest BCUT2D eigenvalue weighted by atomic mass is 10.0. The van der Waals surface area contributed by atoms with E-state index in [1.54, 1.807) is 12.1 Å². The van der Waals surface area contributed by atoms with Crippen molar-refractivity contribution < 1.29 is 17.7 Å². The first-order valence-electron chi connectivity index (χ1n) is 9.34. The van der Waals surface area contributed by atoms with Gasteiger partial charge in [0.05, 0.1) is 4.90 Å². The first kappa shape index (κ1) is 20.5. The van der Waals surface area contributed by atoms with Crippen molar-refractivity contribution in [3.63, 3.8) is 0 Å². The van der Waals surface area contributed by atoms with Crippen LogP contribution in [0.2, 0.25) is 0 Å². The highest BCUT2D eigenvalue weighted by molar-refractivity contribution is 7.85. The second-order valence-electron chi connectivity index (χ2n) is 6.53. The Bertz CT molecular complexity index is 770. The average Bonchev–Trinajstić information content (AvgIpc) is 2.61. The summed E-state index contributed by atoms with van der Waals surface area (Å²) in [6.07, 6.45) is 8.68. The van der Waals surface area contributed by atoms with Gasteiger partial charge >= 0.3 is 0 Å². The van der Waals surface area contributed by atoms with Crippen LogP contribution in [0.15, 0.2) is 53.4 Å². The van der Waals surface area contributed by atoms with E-state index >= 15 is 0 Å². The molecule has 0 bridgehead atoms. The molecule has 1 N–H and O–H groups in total. The number of benzene rings is 2. The Balaban J connectivity index is 2.02. The molecule has 2 rings (SSSR count). The molecule has 0 unspecified atom stereocenters. The Morgan fingerprint density at radius 3 is 2.15 bits per heavy atom. The van der Waals surface area contributed by atoms with Crippen LogP contribution in [0.3, 0.4) is 0 Å². The van der Waals surface area contributed by atoms with E-state index in [1.807, 2.05) is 30.3 Å². The van der Waals surface area contributed by atoms with E-state index in [0.29, 0.717) is 23.5 Å². The summed E-state index contributed by atoms with van der Waals surface area (Å²) in [6.45, 7) is 2.20. The molecule has 0 aromatic heterocycles. The molecule has 0 aliphatic heterocycles. The van der Waals surface area contributed by atoms with Crippen LogP contribution in [0, 0.1) is 0 Å². The molecule has 0 aliphatic rings. The highest BCUT2D eigenvalue weighted by Crippen LogP contribution is 2.27. The number of para-hydroxylation sites is 1. The van der Waals surface area contributed by atoms with Crippen LogP contribution in [0.1, 0.15) is 57.4 Å². The van der Waals surface area contributed by atoms with Crippen molar-refractivity contribution in [2.24, 2.45) is 0 Å². The zero-order valence-corrected chi connectivity index (χ0v) is 16.2. The lowest BCUT2D eigenvalue weighted by Gasteiger charge is -2.11. The molecule has 0 saturated carbocycles. The fourth-order valence-electron chi connectivity index (χ4n) is 2.96. The molecule has 0 radical (unpaired) electrons. The van der Waals surface area contributed by atoms with Gasteiger partial charge in [-0.3, -0.25) is 4.55 Å². The topological polar surface area (TPSA) is 63.6 Å². The summed E-state index contributed by atoms with van der Waals surface area (Å²) in [7, 11) is -4.23. The molecule has 4 nitrogen and oxygen atoms in total. The molecule has 0 amide bonds. The Kier molecular flexibility index (Phi) is 8.13. The van der Waals surface area contributed by atoms with E-state index in [1.165, 1.54) is 31.7 Å². The maximum atomic E-state index is 11.6. The van der Waals surface area contributed by atoms with E-state index in [0.717, 1.165) is 19.3 Å². The van der Waals surface area contributed by atoms with Gasteiger partial charge in [0.15, 0.2) is 0 Å². The van der Waals surface area contributed by atoms with Gasteiger partial charge in [-0.05, 0) is 48.7 Å². The minimum atomic E-state index is -4.23. The summed E-state index contributed by atoms with van der Waals surface area (Å²) in [4.78, 5) is -0.0242. The number of unbranched alkanes of at least 4 members (excludes halogenated alkanes) is 6. The molecule has 0 spiro atoms. The van der Waals surface area contributed by atoms with Crippen LogP contribution in [-0.4, -0.2) is 13.0 Å². The minimum Gasteiger partial charge on any atom is -0.457 e. The normalized spacial score (nSPS) is 11.5. The summed E-state index contributed by atoms with van der Waals surface area (Å²) < 4.78 is 38.6. The van der Waals surface area contributed by atoms with Crippen molar-refractivity contribution in [1.82, 2.24) is 0 Å². The fourth-order valence-corrected chi connectivity index (χ4v) is 3.70. The Morgan fingerprint density at radius 2 is 1.50 bits per heavy atom. The van der Waals surface area contributed by atoms with Crippen molar-refractivity contribution in [3.8, 4) is 11.5 Å². The van der Waals surface area contributed by atoms with E-state index in [9.17, 15) is 13.0 Å². The lowest BCUT2D eigenvalue weighted by molar-refractivity contribution is 0.475. The number of hydrogen-bond donors (Lipinski definition) is 1. The van der Waals surface area contributed by atoms with Crippen LogP contribution in [0.25, 0.3) is 0 Å². The van der Waals surface area contributed by atoms with Crippen LogP contribution in [0.4, 0.5) is 0 Å². The van der Waals surface area contributed by atoms with Crippen molar-refractivity contribution >= 4 is 10.1 Å². The predicted octanol–water partition coefficient (Wildman–Crippen LogP) is 6.02. The molecular formula is C21H28O4S. The van der Waals surface area contributed by atoms with E-state index < -0.39 is 10.1 Å². The Morgan fingerprint density at radius 1 is 0.846 bits per heavy atom. The van der Waals surface area contributed by atoms with Crippen molar-refractivity contribution in [3.05, 3.63) is 54.1 Å². The van der Waals surface area contributed by atoms with E-state index in [-0.39, 0.29) is 4.90 Å². The van der Waals surface area contributed by atoms with Gasteiger partial charge in [0.2, 0.25) is 0 Å². The quantitative estimate of drug-likeness (QED) is 0.385. The molecule has 0 fully saturated rings. The van der Waals surface area contributed by atoms with Crippen molar-refractivity contribution in [2.75, 3.05) is 0 Å². The largest absolute Gasteiger partial charge is 0.457 e. The third-order valence-electron chi connectivity index (χ3n) is 4.34. The van der Waals surface area contributed by atoms with E-state index in [2.05, 4.69) is 6.92 Å². The lowest BCUT2D eigenvalue weighted by Crippen LogP contribution is -2.04. The van der Waals surface area contributed by atoms with Crippen LogP contribution >= 0.6 is 0 Å². The van der Waals surface area contributed by atoms with Gasteiger partial charge < -0.3 is 4.74 Å². The third kappa shape index (κ3) is 6.81. The maximum Gasteiger partial charge on any atom is 0.294 e. The van der Waals surface area contributed by atoms with Gasteiger partial charge in [0.1, 0.15) is 11.5 Å². The molecule has 5 heteroatoms. The highest BCUT2D eigenvalue weighted by Gasteiger charge is 2.16. The zero-order chi connectivity index (χ0) is 18.8. The number of rotatable bonds is 11. The predicted molar refractivity (Wildman–Crippen MR) is 104 cm³/mol. The molecule has 0 atom stereocenters. The van der Waals surface area contributed by atoms with Crippen LogP contribution in [0.5, 0.6) is 11.5 Å². The Labute approximate surface area is 157 Å². The SMILES string of the molecule is CCCCCCCCCc1cc(Oc2ccccc2)ccc1S(=O)(=O)O. The summed E-state index contributed by atoms with van der Waals surface area (Å²) >= 11 is 0. The van der Waals surface area contributed by atoms with Gasteiger partial charge in [-0.1, -0.05) is 63.6 Å². The summed E-state index contributed by atoms with van der Waals surface area (Å²) in [5.41, 5.74) is 0.606. The first-order valence-corrected chi connectivity index (χ1v) is 10.8. The molecule has 2 aromatic carbocycles. The highest BCUT2D eigenvalue weighted by atomic mass is 32.2. The van der Waals surface area contributed by atoms with Gasteiger partial charge in [0, 0.05) is 0 Å². The summed E-state index contributed by atoms with van der Waals surface area (Å²) in [5.74, 6) is 1.26. The second kappa shape index (κ2) is 10.3. The van der Waals surface area contributed by atoms with E-state index in [4.69, 9.17) is 4.74 Å². The number of hydrogen-bond acceptors (Lipinski definition) is 3. The number of ether oxygens (including phenoxy) is 1. The van der Waals surface area contributed by atoms with Crippen molar-refractivity contribution in [2.45, 2.75) is 63.2 Å². The second-order valence-corrected chi connectivity index (χ2v) is 7.92. The molecular weight excluding hydrogens is 348 g/mol. The third-order valence-corrected chi connectivity index (χ3v) is 5.29. The Hall–Kier alpha value is -1.85. The smallest absolute Gasteiger partial charge is 0.294 e. The molecule has 26 heavy (non-hydrogen) atoms. The molecule has 2 aromatic rings. The van der Waals surface area contributed by atoms with Gasteiger partial charge in [0.25, 0.3) is 10.1 Å². The van der Waals surface area contributed by atoms with Crippen LogP contribution < -0.4 is 4.74 Å². The molecule has 0 aliphatic carbocycles. The van der Waals surface area contributed by atoms with Crippen molar-refractivity contribution in [1.29, 1.82) is 0 Å². The minimum absolute atomic E-state index is 0.0242. The average molecular weight is 377 g/mol. The molecule has 0 heterocycles. The van der Waals surface area contributed by atoms with Gasteiger partial charge in [-0.25, -0.2) is 0 Å². The standard InChI is InChI=1S/C21H28O4S/c1-2-3-4-5-6-7-9-12-18-17-20(15-16-21(18)26(22,23)24)25-19-13-10-8-11-14-19/h8,10-11,13-17H,2-7,9,12H2,1H3,(H,22,23,24). The summed E-state index contributed by atoms with van der Waals surface area (Å²) in [6, 6.07) is 14.0. The first-order chi connectivity index (χ1) is 12.5. The maximum absolute atomic E-state index is 11.6. The molecule has 142 valence electrons. The summed E-state index contributed by atoms with van der Waals surface area (Å²) in [5, 5.41) is 0. The monoisotopic (exact) mass is 376 g/mol. The van der Waals surface area contributed by atoms with Crippen LogP contribution in [-0.2, 0) is 16.5 Å². The number of aryl methyl sites for hydroxylation is 1. The van der Waals surface area contributed by atoms with Gasteiger partial charge in [-0.2, -0.15) is 8.42 Å². The molecule has 0 saturated heterocycles. The fraction of sp³-hybridized carbons (Fsp3) is 0.429. The van der Waals surface area contributed by atoms with Gasteiger partial charge in [-0.15, -0.1) is 0 Å². The zero-order valence-electron chi connectivity index (χ0n) is 15.4.